The van der Waals surface area contributed by atoms with E-state index in [0.29, 0.717) is 38.6 Å². The smallest absolute Gasteiger partial charge is 0.862 e. The summed E-state index contributed by atoms with van der Waals surface area (Å²) in [5, 5.41) is 23.7. The number of carbonyl (C=O) groups excluding carboxylic acids is 1. The first-order valence-electron chi connectivity index (χ1n) is 12.2. The Morgan fingerprint density at radius 3 is 1.90 bits per heavy atom. The van der Waals surface area contributed by atoms with Crippen LogP contribution in [0.5, 0.6) is 0 Å². The van der Waals surface area contributed by atoms with Gasteiger partial charge in [0.05, 0.1) is 0 Å². The van der Waals surface area contributed by atoms with Crippen molar-refractivity contribution >= 4 is 17.8 Å². The Bertz CT molecular complexity index is 472. The number of rotatable bonds is 21. The SMILES string of the molecule is CCCCCCCCCCCC([O-])=NCCCC[C@H](NC(=O)CCCCC)C(=O)O.[Li+]. The van der Waals surface area contributed by atoms with Crippen LogP contribution in [-0.4, -0.2) is 35.5 Å². The summed E-state index contributed by atoms with van der Waals surface area (Å²) in [6, 6.07) is -0.850. The van der Waals surface area contributed by atoms with E-state index in [-0.39, 0.29) is 30.7 Å². The van der Waals surface area contributed by atoms with E-state index in [1.165, 1.54) is 44.9 Å². The molecule has 0 bridgehead atoms. The molecule has 6 nitrogen and oxygen atoms in total. The average molecular weight is 433 g/mol. The molecule has 31 heavy (non-hydrogen) atoms. The number of nitrogens with one attached hydrogen (secondary N) is 1. The molecule has 0 aliphatic rings. The van der Waals surface area contributed by atoms with Crippen molar-refractivity contribution in [3.05, 3.63) is 0 Å². The van der Waals surface area contributed by atoms with Crippen LogP contribution in [0.1, 0.15) is 123 Å². The first-order chi connectivity index (χ1) is 14.5. The number of nitrogens with zero attached hydrogens (tertiary/aromatic N) is 1. The molecule has 176 valence electrons. The van der Waals surface area contributed by atoms with E-state index < -0.39 is 12.0 Å². The molecule has 0 saturated carbocycles. The number of hydrogen-bond acceptors (Lipinski definition) is 4. The van der Waals surface area contributed by atoms with E-state index in [0.717, 1.165) is 32.1 Å². The minimum atomic E-state index is -1.00. The summed E-state index contributed by atoms with van der Waals surface area (Å²) >= 11 is 0. The van der Waals surface area contributed by atoms with Crippen molar-refractivity contribution in [2.45, 2.75) is 129 Å². The minimum Gasteiger partial charge on any atom is -0.862 e. The maximum Gasteiger partial charge on any atom is 1.00 e. The van der Waals surface area contributed by atoms with E-state index in [1.54, 1.807) is 0 Å². The fourth-order valence-corrected chi connectivity index (χ4v) is 3.39. The Labute approximate surface area is 202 Å². The standard InChI is InChI=1S/C24H46N2O4.Li/c1-3-5-7-8-9-10-11-12-14-18-22(27)25-20-16-15-17-21(24(29)30)26-23(28)19-13-6-4-2;/h21H,3-20H2,1-2H3,(H,25,27)(H,26,28)(H,29,30);/q;+1/p-1/t21-;/m0./s1. The van der Waals surface area contributed by atoms with Crippen LogP contribution < -0.4 is 29.3 Å². The number of carboxylic acids is 1. The van der Waals surface area contributed by atoms with Crippen LogP contribution in [0.15, 0.2) is 4.99 Å². The second-order valence-corrected chi connectivity index (χ2v) is 8.27. The van der Waals surface area contributed by atoms with Crippen molar-refractivity contribution in [3.8, 4) is 0 Å². The zero-order valence-electron chi connectivity index (χ0n) is 20.4. The van der Waals surface area contributed by atoms with Gasteiger partial charge in [-0.15, -0.1) is 0 Å². The molecular formula is C24H45LiN2O4. The van der Waals surface area contributed by atoms with Gasteiger partial charge in [-0.25, -0.2) is 4.79 Å². The predicted molar refractivity (Wildman–Crippen MR) is 122 cm³/mol. The third kappa shape index (κ3) is 22.0. The van der Waals surface area contributed by atoms with Gasteiger partial charge in [0.2, 0.25) is 5.91 Å². The molecule has 0 aromatic heterocycles. The fourth-order valence-electron chi connectivity index (χ4n) is 3.39. The fraction of sp³-hybridized carbons (Fsp3) is 0.875. The van der Waals surface area contributed by atoms with Crippen LogP contribution in [-0.2, 0) is 9.59 Å². The van der Waals surface area contributed by atoms with Gasteiger partial charge in [-0.3, -0.25) is 4.79 Å². The van der Waals surface area contributed by atoms with E-state index in [1.807, 2.05) is 0 Å². The summed E-state index contributed by atoms with van der Waals surface area (Å²) in [6.07, 6.45) is 16.4. The molecule has 0 heterocycles. The summed E-state index contributed by atoms with van der Waals surface area (Å²) in [7, 11) is 0. The largest absolute Gasteiger partial charge is 1.00 e. The van der Waals surface area contributed by atoms with Gasteiger partial charge < -0.3 is 20.5 Å². The van der Waals surface area contributed by atoms with Crippen molar-refractivity contribution in [1.82, 2.24) is 5.32 Å². The molecule has 2 N–H and O–H groups in total. The number of aliphatic carboxylic acids is 1. The van der Waals surface area contributed by atoms with Crippen molar-refractivity contribution in [1.29, 1.82) is 0 Å². The van der Waals surface area contributed by atoms with Crippen molar-refractivity contribution in [2.75, 3.05) is 6.54 Å². The van der Waals surface area contributed by atoms with Gasteiger partial charge in [-0.2, -0.15) is 0 Å². The first kappa shape index (κ1) is 32.2. The zero-order valence-corrected chi connectivity index (χ0v) is 20.4. The second kappa shape index (κ2) is 23.7. The van der Waals surface area contributed by atoms with Gasteiger partial charge in [0.15, 0.2) is 0 Å². The maximum absolute atomic E-state index is 11.8. The third-order valence-electron chi connectivity index (χ3n) is 5.32. The maximum atomic E-state index is 11.8. The number of amides is 1. The van der Waals surface area contributed by atoms with Crippen LogP contribution in [0, 0.1) is 0 Å². The summed E-state index contributed by atoms with van der Waals surface area (Å²) in [4.78, 5) is 27.2. The Morgan fingerprint density at radius 2 is 1.32 bits per heavy atom. The Balaban J connectivity index is 0. The van der Waals surface area contributed by atoms with Gasteiger partial charge in [-0.1, -0.05) is 78.1 Å². The Hall–Kier alpha value is -0.993. The first-order valence-corrected chi connectivity index (χ1v) is 12.2. The molecule has 0 fully saturated rings. The molecule has 0 aliphatic carbocycles. The average Bonchev–Trinajstić information content (AvgIpc) is 2.71. The summed E-state index contributed by atoms with van der Waals surface area (Å²) in [5.74, 6) is -1.24. The van der Waals surface area contributed by atoms with Crippen molar-refractivity contribution < 1.29 is 38.7 Å². The summed E-state index contributed by atoms with van der Waals surface area (Å²) in [6.45, 7) is 4.72. The molecule has 0 rings (SSSR count). The molecule has 1 atom stereocenters. The van der Waals surface area contributed by atoms with Crippen LogP contribution in [0.2, 0.25) is 0 Å². The summed E-state index contributed by atoms with van der Waals surface area (Å²) in [5.41, 5.74) is 0. The van der Waals surface area contributed by atoms with Crippen LogP contribution in [0.3, 0.4) is 0 Å². The van der Waals surface area contributed by atoms with E-state index in [9.17, 15) is 19.8 Å². The molecule has 1 amide bonds. The van der Waals surface area contributed by atoms with Crippen LogP contribution in [0.4, 0.5) is 0 Å². The number of carboxylic acid groups (broad SMARTS) is 1. The van der Waals surface area contributed by atoms with Gasteiger partial charge in [-0.05, 0) is 44.4 Å². The van der Waals surface area contributed by atoms with Crippen LogP contribution in [0.25, 0.3) is 0 Å². The second-order valence-electron chi connectivity index (χ2n) is 8.27. The number of unbranched alkanes of at least 4 members (excludes halogenated alkanes) is 11. The Kier molecular flexibility index (Phi) is 24.6. The predicted octanol–water partition coefficient (Wildman–Crippen LogP) is 1.99. The molecule has 0 spiro atoms. The van der Waals surface area contributed by atoms with Gasteiger partial charge in [0.1, 0.15) is 6.04 Å². The van der Waals surface area contributed by atoms with Crippen molar-refractivity contribution in [2.24, 2.45) is 4.99 Å². The number of hydrogen-bond donors (Lipinski definition) is 2. The minimum absolute atomic E-state index is 0. The molecular weight excluding hydrogens is 387 g/mol. The number of carbonyl (C=O) groups is 2. The quantitative estimate of drug-likeness (QED) is 0.125. The topological polar surface area (TPSA) is 102 Å². The van der Waals surface area contributed by atoms with E-state index in [4.69, 9.17) is 0 Å². The van der Waals surface area contributed by atoms with Crippen molar-refractivity contribution in [3.63, 3.8) is 0 Å². The third-order valence-corrected chi connectivity index (χ3v) is 5.32. The van der Waals surface area contributed by atoms with E-state index in [2.05, 4.69) is 24.2 Å². The molecule has 0 aliphatic heterocycles. The molecule has 0 unspecified atom stereocenters. The normalized spacial score (nSPS) is 12.3. The zero-order chi connectivity index (χ0) is 22.5. The van der Waals surface area contributed by atoms with E-state index >= 15 is 0 Å². The molecule has 0 radical (unpaired) electrons. The molecule has 7 heteroatoms. The van der Waals surface area contributed by atoms with Gasteiger partial charge in [0.25, 0.3) is 0 Å². The summed E-state index contributed by atoms with van der Waals surface area (Å²) < 4.78 is 0. The number of aliphatic imine (C=N–C) groups is 1. The Morgan fingerprint density at radius 1 is 0.806 bits per heavy atom. The van der Waals surface area contributed by atoms with Crippen LogP contribution >= 0.6 is 0 Å². The molecule has 0 aromatic carbocycles. The molecule has 0 aromatic rings. The van der Waals surface area contributed by atoms with Gasteiger partial charge >= 0.3 is 24.8 Å². The molecule has 0 saturated heterocycles. The van der Waals surface area contributed by atoms with Gasteiger partial charge in [0, 0.05) is 13.0 Å². The monoisotopic (exact) mass is 432 g/mol.